The van der Waals surface area contributed by atoms with Crippen molar-refractivity contribution in [1.82, 2.24) is 9.21 Å². The van der Waals surface area contributed by atoms with E-state index in [1.807, 2.05) is 4.90 Å². The van der Waals surface area contributed by atoms with Crippen molar-refractivity contribution in [3.05, 3.63) is 58.8 Å². The molecule has 2 saturated heterocycles. The van der Waals surface area contributed by atoms with Crippen LogP contribution in [0.2, 0.25) is 0 Å². The predicted octanol–water partition coefficient (Wildman–Crippen LogP) is 2.24. The highest BCUT2D eigenvalue weighted by Gasteiger charge is 2.47. The van der Waals surface area contributed by atoms with Gasteiger partial charge in [-0.05, 0) is 48.5 Å². The standard InChI is InChI=1S/C22H23BrFN3O5S/c23-16-1-5-18(6-2-16)27-21(28)15-20(22(27)29)26(10-9-25-11-13-32-14-12-25)33(30,31)19-7-3-17(24)4-8-19/h1-8,20H,9-15H2. The number of rotatable bonds is 7. The number of sulfonamides is 1. The average Bonchev–Trinajstić information content (AvgIpc) is 3.09. The van der Waals surface area contributed by atoms with Crippen LogP contribution in [0.4, 0.5) is 10.1 Å². The molecule has 1 atom stereocenters. The zero-order chi connectivity index (χ0) is 23.6. The molecular formula is C22H23BrFN3O5S. The van der Waals surface area contributed by atoms with E-state index in [1.54, 1.807) is 24.3 Å². The third-order valence-corrected chi connectivity index (χ3v) is 8.17. The highest BCUT2D eigenvalue weighted by atomic mass is 79.9. The molecule has 2 amide bonds. The van der Waals surface area contributed by atoms with E-state index < -0.39 is 33.7 Å². The molecule has 0 aliphatic carbocycles. The average molecular weight is 540 g/mol. The lowest BCUT2D eigenvalue weighted by molar-refractivity contribution is -0.122. The van der Waals surface area contributed by atoms with Crippen molar-refractivity contribution in [3.8, 4) is 0 Å². The molecule has 0 N–H and O–H groups in total. The van der Waals surface area contributed by atoms with Gasteiger partial charge in [-0.2, -0.15) is 4.31 Å². The number of hydrogen-bond acceptors (Lipinski definition) is 6. The number of halogens is 2. The minimum Gasteiger partial charge on any atom is -0.379 e. The normalized spacial score (nSPS) is 20.1. The van der Waals surface area contributed by atoms with Gasteiger partial charge >= 0.3 is 0 Å². The van der Waals surface area contributed by atoms with Crippen LogP contribution >= 0.6 is 15.9 Å². The summed E-state index contributed by atoms with van der Waals surface area (Å²) >= 11 is 3.32. The van der Waals surface area contributed by atoms with Crippen LogP contribution in [0.3, 0.4) is 0 Å². The molecule has 1 unspecified atom stereocenters. The summed E-state index contributed by atoms with van der Waals surface area (Å²) in [6, 6.07) is 9.91. The second-order valence-electron chi connectivity index (χ2n) is 7.79. The summed E-state index contributed by atoms with van der Waals surface area (Å²) in [6.07, 6.45) is -0.265. The predicted molar refractivity (Wildman–Crippen MR) is 123 cm³/mol. The molecule has 2 aromatic rings. The molecule has 2 fully saturated rings. The van der Waals surface area contributed by atoms with Crippen molar-refractivity contribution < 1.29 is 27.1 Å². The van der Waals surface area contributed by atoms with Gasteiger partial charge in [0.25, 0.3) is 5.91 Å². The van der Waals surface area contributed by atoms with Crippen LogP contribution in [0.25, 0.3) is 0 Å². The number of imide groups is 1. The third kappa shape index (κ3) is 5.17. The number of carbonyl (C=O) groups is 2. The first-order valence-electron chi connectivity index (χ1n) is 10.5. The summed E-state index contributed by atoms with van der Waals surface area (Å²) in [7, 11) is -4.17. The Balaban J connectivity index is 1.64. The molecule has 4 rings (SSSR count). The van der Waals surface area contributed by atoms with E-state index in [4.69, 9.17) is 4.74 Å². The number of ether oxygens (including phenoxy) is 1. The molecule has 2 aliphatic heterocycles. The van der Waals surface area contributed by atoms with Crippen molar-refractivity contribution in [2.75, 3.05) is 44.3 Å². The van der Waals surface area contributed by atoms with E-state index in [-0.39, 0.29) is 17.9 Å². The first kappa shape index (κ1) is 24.0. The van der Waals surface area contributed by atoms with Crippen LogP contribution in [0.5, 0.6) is 0 Å². The highest BCUT2D eigenvalue weighted by Crippen LogP contribution is 2.30. The topological polar surface area (TPSA) is 87.2 Å². The summed E-state index contributed by atoms with van der Waals surface area (Å²) in [5, 5.41) is 0. The van der Waals surface area contributed by atoms with Crippen LogP contribution in [-0.2, 0) is 24.3 Å². The maximum atomic E-state index is 13.5. The van der Waals surface area contributed by atoms with Gasteiger partial charge < -0.3 is 4.74 Å². The minimum absolute atomic E-state index is 0.0115. The Labute approximate surface area is 200 Å². The Morgan fingerprint density at radius 1 is 1.03 bits per heavy atom. The molecule has 0 bridgehead atoms. The molecule has 0 spiro atoms. The lowest BCUT2D eigenvalue weighted by Crippen LogP contribution is -2.49. The second kappa shape index (κ2) is 9.98. The monoisotopic (exact) mass is 539 g/mol. The molecular weight excluding hydrogens is 517 g/mol. The van der Waals surface area contributed by atoms with E-state index >= 15 is 0 Å². The number of nitrogens with zero attached hydrogens (tertiary/aromatic N) is 3. The quantitative estimate of drug-likeness (QED) is 0.501. The largest absolute Gasteiger partial charge is 0.379 e. The number of anilines is 1. The lowest BCUT2D eigenvalue weighted by atomic mass is 10.2. The van der Waals surface area contributed by atoms with Gasteiger partial charge in [0, 0.05) is 30.7 Å². The number of carbonyl (C=O) groups excluding carboxylic acids is 2. The highest BCUT2D eigenvalue weighted by molar-refractivity contribution is 9.10. The van der Waals surface area contributed by atoms with Gasteiger partial charge in [0.15, 0.2) is 0 Å². The van der Waals surface area contributed by atoms with E-state index in [0.29, 0.717) is 38.5 Å². The Morgan fingerprint density at radius 3 is 2.30 bits per heavy atom. The van der Waals surface area contributed by atoms with E-state index in [2.05, 4.69) is 15.9 Å². The zero-order valence-electron chi connectivity index (χ0n) is 17.7. The minimum atomic E-state index is -4.17. The molecule has 2 heterocycles. The summed E-state index contributed by atoms with van der Waals surface area (Å²) < 4.78 is 47.6. The first-order chi connectivity index (χ1) is 15.8. The van der Waals surface area contributed by atoms with E-state index in [0.717, 1.165) is 25.8 Å². The van der Waals surface area contributed by atoms with Crippen LogP contribution < -0.4 is 4.90 Å². The van der Waals surface area contributed by atoms with Gasteiger partial charge in [0.05, 0.1) is 30.2 Å². The SMILES string of the molecule is O=C1CC(N(CCN2CCOCC2)S(=O)(=O)c2ccc(F)cc2)C(=O)N1c1ccc(Br)cc1. The molecule has 8 nitrogen and oxygen atoms in total. The van der Waals surface area contributed by atoms with Gasteiger partial charge in [0.1, 0.15) is 11.9 Å². The van der Waals surface area contributed by atoms with Gasteiger partial charge in [-0.15, -0.1) is 0 Å². The fraction of sp³-hybridized carbons (Fsp3) is 0.364. The van der Waals surface area contributed by atoms with Crippen molar-refractivity contribution >= 4 is 43.5 Å². The molecule has 11 heteroatoms. The zero-order valence-corrected chi connectivity index (χ0v) is 20.1. The Bertz CT molecular complexity index is 1120. The van der Waals surface area contributed by atoms with E-state index in [9.17, 15) is 22.4 Å². The number of benzene rings is 2. The third-order valence-electron chi connectivity index (χ3n) is 5.72. The molecule has 2 aromatic carbocycles. The van der Waals surface area contributed by atoms with Crippen LogP contribution in [0, 0.1) is 5.82 Å². The van der Waals surface area contributed by atoms with Gasteiger partial charge in [-0.3, -0.25) is 14.5 Å². The van der Waals surface area contributed by atoms with Crippen molar-refractivity contribution in [2.45, 2.75) is 17.4 Å². The van der Waals surface area contributed by atoms with Crippen LogP contribution in [0.15, 0.2) is 57.9 Å². The smallest absolute Gasteiger partial charge is 0.252 e. The fourth-order valence-electron chi connectivity index (χ4n) is 3.95. The van der Waals surface area contributed by atoms with Crippen molar-refractivity contribution in [1.29, 1.82) is 0 Å². The number of amides is 2. The molecule has 2 aliphatic rings. The van der Waals surface area contributed by atoms with Crippen LogP contribution in [-0.4, -0.2) is 74.9 Å². The number of morpholine rings is 1. The molecule has 0 aromatic heterocycles. The van der Waals surface area contributed by atoms with Gasteiger partial charge in [-0.25, -0.2) is 17.7 Å². The van der Waals surface area contributed by atoms with Crippen molar-refractivity contribution in [2.24, 2.45) is 0 Å². The molecule has 0 radical (unpaired) electrons. The van der Waals surface area contributed by atoms with E-state index in [1.165, 1.54) is 12.1 Å². The Morgan fingerprint density at radius 2 is 1.67 bits per heavy atom. The Hall–Kier alpha value is -2.18. The summed E-state index contributed by atoms with van der Waals surface area (Å²) in [6.45, 7) is 2.77. The van der Waals surface area contributed by atoms with Gasteiger partial charge in [-0.1, -0.05) is 15.9 Å². The second-order valence-corrected chi connectivity index (χ2v) is 10.6. The fourth-order valence-corrected chi connectivity index (χ4v) is 5.79. The Kier molecular flexibility index (Phi) is 7.25. The van der Waals surface area contributed by atoms with Crippen molar-refractivity contribution in [3.63, 3.8) is 0 Å². The summed E-state index contributed by atoms with van der Waals surface area (Å²) in [5.74, 6) is -1.64. The maximum absolute atomic E-state index is 13.5. The number of hydrogen-bond donors (Lipinski definition) is 0. The lowest BCUT2D eigenvalue weighted by Gasteiger charge is -2.31. The summed E-state index contributed by atoms with van der Waals surface area (Å²) in [4.78, 5) is 29.1. The summed E-state index contributed by atoms with van der Waals surface area (Å²) in [5.41, 5.74) is 0.378. The van der Waals surface area contributed by atoms with Gasteiger partial charge in [0.2, 0.25) is 15.9 Å². The first-order valence-corrected chi connectivity index (χ1v) is 12.7. The molecule has 33 heavy (non-hydrogen) atoms. The van der Waals surface area contributed by atoms with Crippen LogP contribution in [0.1, 0.15) is 6.42 Å². The maximum Gasteiger partial charge on any atom is 0.252 e. The molecule has 0 saturated carbocycles. The molecule has 176 valence electrons.